The Bertz CT molecular complexity index is 951. The maximum atomic E-state index is 11.9. The van der Waals surface area contributed by atoms with Crippen molar-refractivity contribution in [1.29, 1.82) is 0 Å². The van der Waals surface area contributed by atoms with E-state index in [0.29, 0.717) is 16.1 Å². The molecule has 3 aromatic rings. The molecule has 0 unspecified atom stereocenters. The van der Waals surface area contributed by atoms with Gasteiger partial charge in [-0.3, -0.25) is 4.98 Å². The van der Waals surface area contributed by atoms with Crippen LogP contribution in [0.25, 0.3) is 22.2 Å². The van der Waals surface area contributed by atoms with Gasteiger partial charge < -0.3 is 5.11 Å². The first-order valence-electron chi connectivity index (χ1n) is 7.24. The number of hydrogen-bond donors (Lipinski definition) is 1. The average molecular weight is 328 g/mol. The van der Waals surface area contributed by atoms with Crippen molar-refractivity contribution in [3.63, 3.8) is 0 Å². The monoisotopic (exact) mass is 328 g/mol. The van der Waals surface area contributed by atoms with E-state index in [1.54, 1.807) is 37.4 Å². The highest BCUT2D eigenvalue weighted by Crippen LogP contribution is 2.27. The largest absolute Gasteiger partial charge is 0.390 e. The van der Waals surface area contributed by atoms with E-state index in [0.717, 1.165) is 16.6 Å². The maximum absolute atomic E-state index is 11.9. The number of para-hydroxylation sites is 1. The Labute approximate surface area is 134 Å². The molecule has 0 aliphatic rings. The Hall–Kier alpha value is -2.31. The van der Waals surface area contributed by atoms with E-state index < -0.39 is 9.84 Å². The molecule has 1 N–H and O–H groups in total. The van der Waals surface area contributed by atoms with Crippen LogP contribution in [0.2, 0.25) is 0 Å². The van der Waals surface area contributed by atoms with Gasteiger partial charge in [0.15, 0.2) is 9.84 Å². The van der Waals surface area contributed by atoms with E-state index in [1.807, 2.05) is 18.2 Å². The number of hydrogen-bond acceptors (Lipinski definition) is 5. The highest BCUT2D eigenvalue weighted by Gasteiger charge is 2.12. The molecule has 0 bridgehead atoms. The van der Waals surface area contributed by atoms with E-state index in [-0.39, 0.29) is 12.4 Å². The standard InChI is InChI=1S/C17H16N2O3S/c1-2-23(21,22)14-8-6-12(7-9-14)15-4-3-5-16-17(15)19-13(11-20)10-18-16/h3-10,20H,2,11H2,1H3. The van der Waals surface area contributed by atoms with Crippen LogP contribution in [-0.2, 0) is 16.4 Å². The van der Waals surface area contributed by atoms with Crippen LogP contribution in [0.1, 0.15) is 12.6 Å². The smallest absolute Gasteiger partial charge is 0.178 e. The second kappa shape index (κ2) is 6.06. The molecule has 118 valence electrons. The number of nitrogens with zero attached hydrogens (tertiary/aromatic N) is 2. The van der Waals surface area contributed by atoms with Gasteiger partial charge in [-0.2, -0.15) is 0 Å². The van der Waals surface area contributed by atoms with Gasteiger partial charge >= 0.3 is 0 Å². The molecule has 0 amide bonds. The van der Waals surface area contributed by atoms with Gasteiger partial charge in [-0.15, -0.1) is 0 Å². The molecule has 5 nitrogen and oxygen atoms in total. The van der Waals surface area contributed by atoms with Crippen LogP contribution in [0.5, 0.6) is 0 Å². The van der Waals surface area contributed by atoms with Crippen LogP contribution in [0.15, 0.2) is 53.6 Å². The van der Waals surface area contributed by atoms with E-state index in [4.69, 9.17) is 0 Å². The minimum atomic E-state index is -3.21. The summed E-state index contributed by atoms with van der Waals surface area (Å²) >= 11 is 0. The number of aliphatic hydroxyl groups excluding tert-OH is 1. The molecule has 0 saturated heterocycles. The summed E-state index contributed by atoms with van der Waals surface area (Å²) < 4.78 is 23.8. The van der Waals surface area contributed by atoms with Gasteiger partial charge in [0.05, 0.1) is 40.2 Å². The molecule has 0 radical (unpaired) electrons. The summed E-state index contributed by atoms with van der Waals surface area (Å²) in [7, 11) is -3.21. The first-order chi connectivity index (χ1) is 11.0. The van der Waals surface area contributed by atoms with E-state index in [9.17, 15) is 13.5 Å². The fourth-order valence-electron chi connectivity index (χ4n) is 2.39. The van der Waals surface area contributed by atoms with Crippen LogP contribution >= 0.6 is 0 Å². The average Bonchev–Trinajstić information content (AvgIpc) is 2.60. The normalized spacial score (nSPS) is 11.7. The first-order valence-corrected chi connectivity index (χ1v) is 8.89. The molecule has 2 aromatic carbocycles. The quantitative estimate of drug-likeness (QED) is 0.796. The molecule has 0 atom stereocenters. The van der Waals surface area contributed by atoms with Crippen molar-refractivity contribution in [2.24, 2.45) is 0 Å². The van der Waals surface area contributed by atoms with Crippen molar-refractivity contribution in [3.05, 3.63) is 54.4 Å². The van der Waals surface area contributed by atoms with Crippen molar-refractivity contribution in [2.75, 3.05) is 5.75 Å². The van der Waals surface area contributed by atoms with Crippen molar-refractivity contribution in [2.45, 2.75) is 18.4 Å². The fraction of sp³-hybridized carbons (Fsp3) is 0.176. The van der Waals surface area contributed by atoms with E-state index in [2.05, 4.69) is 9.97 Å². The zero-order chi connectivity index (χ0) is 16.4. The Morgan fingerprint density at radius 2 is 1.83 bits per heavy atom. The minimum absolute atomic E-state index is 0.0753. The molecule has 0 fully saturated rings. The summed E-state index contributed by atoms with van der Waals surface area (Å²) in [5.41, 5.74) is 3.62. The number of fused-ring (bicyclic) bond motifs is 1. The van der Waals surface area contributed by atoms with Crippen LogP contribution in [-0.4, -0.2) is 29.2 Å². The Kier molecular flexibility index (Phi) is 4.11. The third kappa shape index (κ3) is 2.95. The van der Waals surface area contributed by atoms with Gasteiger partial charge in [-0.25, -0.2) is 13.4 Å². The van der Waals surface area contributed by atoms with Crippen LogP contribution in [0.3, 0.4) is 0 Å². The zero-order valence-corrected chi connectivity index (χ0v) is 13.4. The molecule has 0 aliphatic heterocycles. The van der Waals surface area contributed by atoms with Crippen LogP contribution in [0.4, 0.5) is 0 Å². The Balaban J connectivity index is 2.13. The zero-order valence-electron chi connectivity index (χ0n) is 12.6. The summed E-state index contributed by atoms with van der Waals surface area (Å²) in [6.45, 7) is 1.45. The van der Waals surface area contributed by atoms with Crippen molar-refractivity contribution in [3.8, 4) is 11.1 Å². The number of benzene rings is 2. The number of sulfone groups is 1. The molecular weight excluding hydrogens is 312 g/mol. The van der Waals surface area contributed by atoms with Crippen molar-refractivity contribution < 1.29 is 13.5 Å². The van der Waals surface area contributed by atoms with Crippen LogP contribution < -0.4 is 0 Å². The molecule has 0 spiro atoms. The van der Waals surface area contributed by atoms with Gasteiger partial charge in [0.25, 0.3) is 0 Å². The minimum Gasteiger partial charge on any atom is -0.390 e. The summed E-state index contributed by atoms with van der Waals surface area (Å²) in [5, 5.41) is 9.24. The third-order valence-electron chi connectivity index (χ3n) is 3.69. The molecule has 23 heavy (non-hydrogen) atoms. The highest BCUT2D eigenvalue weighted by atomic mass is 32.2. The molecule has 1 aromatic heterocycles. The Morgan fingerprint density at radius 1 is 1.09 bits per heavy atom. The van der Waals surface area contributed by atoms with Gasteiger partial charge in [0, 0.05) is 5.56 Å². The number of aromatic nitrogens is 2. The molecular formula is C17H16N2O3S. The predicted molar refractivity (Wildman–Crippen MR) is 88.6 cm³/mol. The topological polar surface area (TPSA) is 80.2 Å². The predicted octanol–water partition coefficient (Wildman–Crippen LogP) is 2.58. The lowest BCUT2D eigenvalue weighted by Gasteiger charge is -2.08. The van der Waals surface area contributed by atoms with Gasteiger partial charge in [0.1, 0.15) is 0 Å². The molecule has 3 rings (SSSR count). The second-order valence-electron chi connectivity index (χ2n) is 5.12. The first kappa shape index (κ1) is 15.6. The summed E-state index contributed by atoms with van der Waals surface area (Å²) in [4.78, 5) is 9.03. The van der Waals surface area contributed by atoms with Gasteiger partial charge in [0.2, 0.25) is 0 Å². The summed E-state index contributed by atoms with van der Waals surface area (Å²) in [5.74, 6) is 0.0753. The second-order valence-corrected chi connectivity index (χ2v) is 7.40. The number of rotatable bonds is 4. The highest BCUT2D eigenvalue weighted by molar-refractivity contribution is 7.91. The lowest BCUT2D eigenvalue weighted by molar-refractivity contribution is 0.277. The van der Waals surface area contributed by atoms with E-state index >= 15 is 0 Å². The number of aliphatic hydroxyl groups is 1. The van der Waals surface area contributed by atoms with Gasteiger partial charge in [-0.05, 0) is 23.8 Å². The molecule has 1 heterocycles. The summed E-state index contributed by atoms with van der Waals surface area (Å²) in [6.07, 6.45) is 1.54. The SMILES string of the molecule is CCS(=O)(=O)c1ccc(-c2cccc3ncc(CO)nc23)cc1. The molecule has 0 saturated carbocycles. The fourth-order valence-corrected chi connectivity index (χ4v) is 3.27. The lowest BCUT2D eigenvalue weighted by Crippen LogP contribution is -2.03. The van der Waals surface area contributed by atoms with Crippen molar-refractivity contribution >= 4 is 20.9 Å². The van der Waals surface area contributed by atoms with Crippen LogP contribution in [0, 0.1) is 0 Å². The Morgan fingerprint density at radius 3 is 2.48 bits per heavy atom. The van der Waals surface area contributed by atoms with Gasteiger partial charge in [-0.1, -0.05) is 31.2 Å². The maximum Gasteiger partial charge on any atom is 0.178 e. The third-order valence-corrected chi connectivity index (χ3v) is 5.44. The summed E-state index contributed by atoms with van der Waals surface area (Å²) in [6, 6.07) is 12.4. The lowest BCUT2D eigenvalue weighted by atomic mass is 10.0. The molecule has 6 heteroatoms. The van der Waals surface area contributed by atoms with E-state index in [1.165, 1.54) is 0 Å². The van der Waals surface area contributed by atoms with Crippen molar-refractivity contribution in [1.82, 2.24) is 9.97 Å². The molecule has 0 aliphatic carbocycles.